The molecule has 0 bridgehead atoms. The zero-order chi connectivity index (χ0) is 18.9. The number of primary sulfonamides is 1. The second kappa shape index (κ2) is 6.85. The highest BCUT2D eigenvalue weighted by atomic mass is 32.2. The van der Waals surface area contributed by atoms with E-state index < -0.39 is 20.9 Å². The van der Waals surface area contributed by atoms with E-state index in [-0.39, 0.29) is 28.5 Å². The molecular weight excluding hydrogens is 360 g/mol. The number of rotatable bonds is 7. The molecule has 3 rings (SSSR count). The molecule has 9 heteroatoms. The average molecular weight is 378 g/mol. The standard InChI is InChI=1S/C17H18N2O6S/c18-26(23,24)15-8-11(17(21)22)7-14(19-9-10-1-2-10)16(15)25-13-5-3-12(20)4-6-13/h3-8,10,19-20H,1-2,9H2,(H,21,22)(H2,18,23,24). The number of nitrogens with one attached hydrogen (secondary N) is 1. The number of carboxylic acids is 1. The van der Waals surface area contributed by atoms with E-state index in [1.54, 1.807) is 0 Å². The van der Waals surface area contributed by atoms with E-state index in [9.17, 15) is 23.4 Å². The molecule has 0 aliphatic heterocycles. The smallest absolute Gasteiger partial charge is 0.335 e. The number of aromatic hydroxyl groups is 1. The fraction of sp³-hybridized carbons (Fsp3) is 0.235. The van der Waals surface area contributed by atoms with E-state index >= 15 is 0 Å². The Labute approximate surface area is 150 Å². The first-order valence-electron chi connectivity index (χ1n) is 7.89. The SMILES string of the molecule is NS(=O)(=O)c1cc(C(=O)O)cc(NCC2CC2)c1Oc1ccc(O)cc1. The van der Waals surface area contributed by atoms with Crippen molar-refractivity contribution in [3.8, 4) is 17.2 Å². The van der Waals surface area contributed by atoms with Gasteiger partial charge in [-0.15, -0.1) is 0 Å². The van der Waals surface area contributed by atoms with Gasteiger partial charge in [0.15, 0.2) is 5.75 Å². The average Bonchev–Trinajstić information content (AvgIpc) is 3.38. The van der Waals surface area contributed by atoms with Gasteiger partial charge < -0.3 is 20.3 Å². The molecule has 0 atom stereocenters. The number of aromatic carboxylic acids is 1. The summed E-state index contributed by atoms with van der Waals surface area (Å²) in [5, 5.41) is 27.0. The largest absolute Gasteiger partial charge is 0.508 e. The third kappa shape index (κ3) is 4.24. The number of sulfonamides is 1. The van der Waals surface area contributed by atoms with Crippen molar-refractivity contribution in [2.45, 2.75) is 17.7 Å². The van der Waals surface area contributed by atoms with E-state index in [1.807, 2.05) is 0 Å². The predicted molar refractivity (Wildman–Crippen MR) is 94.2 cm³/mol. The van der Waals surface area contributed by atoms with Gasteiger partial charge in [-0.2, -0.15) is 0 Å². The van der Waals surface area contributed by atoms with Crippen molar-refractivity contribution < 1.29 is 28.2 Å². The summed E-state index contributed by atoms with van der Waals surface area (Å²) in [6.45, 7) is 0.569. The fourth-order valence-corrected chi connectivity index (χ4v) is 3.08. The molecule has 1 aliphatic carbocycles. The van der Waals surface area contributed by atoms with Crippen molar-refractivity contribution in [1.29, 1.82) is 0 Å². The van der Waals surface area contributed by atoms with Crippen LogP contribution in [0.5, 0.6) is 17.2 Å². The number of benzene rings is 2. The molecule has 26 heavy (non-hydrogen) atoms. The van der Waals surface area contributed by atoms with Gasteiger partial charge >= 0.3 is 5.97 Å². The van der Waals surface area contributed by atoms with Gasteiger partial charge in [0.2, 0.25) is 10.0 Å². The summed E-state index contributed by atoms with van der Waals surface area (Å²) in [4.78, 5) is 10.9. The molecular formula is C17H18N2O6S. The number of carbonyl (C=O) groups is 1. The third-order valence-electron chi connectivity index (χ3n) is 3.94. The van der Waals surface area contributed by atoms with Crippen LogP contribution >= 0.6 is 0 Å². The lowest BCUT2D eigenvalue weighted by molar-refractivity contribution is 0.0696. The van der Waals surface area contributed by atoms with E-state index in [1.165, 1.54) is 30.3 Å². The molecule has 0 spiro atoms. The maximum absolute atomic E-state index is 12.0. The van der Waals surface area contributed by atoms with Crippen molar-refractivity contribution in [2.75, 3.05) is 11.9 Å². The van der Waals surface area contributed by atoms with Crippen LogP contribution in [-0.2, 0) is 10.0 Å². The van der Waals surface area contributed by atoms with E-state index in [0.717, 1.165) is 18.9 Å². The minimum atomic E-state index is -4.24. The highest BCUT2D eigenvalue weighted by Crippen LogP contribution is 2.38. The molecule has 5 N–H and O–H groups in total. The number of hydrogen-bond acceptors (Lipinski definition) is 6. The summed E-state index contributed by atoms with van der Waals surface area (Å²) < 4.78 is 29.7. The quantitative estimate of drug-likeness (QED) is 0.580. The Hall–Kier alpha value is -2.78. The second-order valence-corrected chi connectivity index (χ2v) is 7.65. The van der Waals surface area contributed by atoms with Crippen LogP contribution in [0.2, 0.25) is 0 Å². The van der Waals surface area contributed by atoms with Crippen LogP contribution < -0.4 is 15.2 Å². The van der Waals surface area contributed by atoms with Crippen LogP contribution in [0, 0.1) is 5.92 Å². The zero-order valence-corrected chi connectivity index (χ0v) is 14.5. The summed E-state index contributed by atoms with van der Waals surface area (Å²) in [5.41, 5.74) is 0.0132. The maximum Gasteiger partial charge on any atom is 0.335 e. The molecule has 1 saturated carbocycles. The molecule has 2 aromatic rings. The minimum Gasteiger partial charge on any atom is -0.508 e. The number of carboxylic acid groups (broad SMARTS) is 1. The van der Waals surface area contributed by atoms with Gasteiger partial charge in [0.25, 0.3) is 0 Å². The van der Waals surface area contributed by atoms with Crippen LogP contribution in [0.1, 0.15) is 23.2 Å². The second-order valence-electron chi connectivity index (χ2n) is 6.12. The lowest BCUT2D eigenvalue weighted by atomic mass is 10.1. The van der Waals surface area contributed by atoms with E-state index in [0.29, 0.717) is 12.5 Å². The Morgan fingerprint density at radius 1 is 1.23 bits per heavy atom. The Kier molecular flexibility index (Phi) is 4.75. The van der Waals surface area contributed by atoms with Gasteiger partial charge in [-0.05, 0) is 55.2 Å². The van der Waals surface area contributed by atoms with Crippen molar-refractivity contribution in [3.05, 3.63) is 42.0 Å². The fourth-order valence-electron chi connectivity index (χ4n) is 2.38. The molecule has 0 unspecified atom stereocenters. The summed E-state index contributed by atoms with van der Waals surface area (Å²) in [5.74, 6) is -0.602. The predicted octanol–water partition coefficient (Wildman–Crippen LogP) is 2.35. The first kappa shape index (κ1) is 18.0. The zero-order valence-electron chi connectivity index (χ0n) is 13.7. The summed E-state index contributed by atoms with van der Waals surface area (Å²) in [6.07, 6.45) is 2.11. The first-order valence-corrected chi connectivity index (χ1v) is 9.43. The van der Waals surface area contributed by atoms with E-state index in [4.69, 9.17) is 9.88 Å². The van der Waals surface area contributed by atoms with E-state index in [2.05, 4.69) is 5.32 Å². The minimum absolute atomic E-state index is 0.0253. The van der Waals surface area contributed by atoms with Crippen molar-refractivity contribution in [3.63, 3.8) is 0 Å². The molecule has 2 aromatic carbocycles. The number of ether oxygens (including phenoxy) is 1. The Morgan fingerprint density at radius 2 is 1.88 bits per heavy atom. The molecule has 0 saturated heterocycles. The molecule has 0 amide bonds. The van der Waals surface area contributed by atoms with Gasteiger partial charge in [0, 0.05) is 6.54 Å². The third-order valence-corrected chi connectivity index (χ3v) is 4.86. The van der Waals surface area contributed by atoms with Crippen LogP contribution in [-0.4, -0.2) is 31.1 Å². The molecule has 0 heterocycles. The summed E-state index contributed by atoms with van der Waals surface area (Å²) in [7, 11) is -4.24. The highest BCUT2D eigenvalue weighted by molar-refractivity contribution is 7.89. The van der Waals surface area contributed by atoms with Crippen molar-refractivity contribution >= 4 is 21.7 Å². The number of phenolic OH excluding ortho intramolecular Hbond substituents is 1. The molecule has 1 aliphatic rings. The molecule has 0 radical (unpaired) electrons. The van der Waals surface area contributed by atoms with Crippen LogP contribution in [0.25, 0.3) is 0 Å². The number of hydrogen-bond donors (Lipinski definition) is 4. The van der Waals surface area contributed by atoms with Gasteiger partial charge in [0.1, 0.15) is 16.4 Å². The van der Waals surface area contributed by atoms with Gasteiger partial charge in [-0.3, -0.25) is 0 Å². The molecule has 1 fully saturated rings. The van der Waals surface area contributed by atoms with Crippen LogP contribution in [0.3, 0.4) is 0 Å². The summed E-state index contributed by atoms with van der Waals surface area (Å²) >= 11 is 0. The maximum atomic E-state index is 12.0. The number of anilines is 1. The lowest BCUT2D eigenvalue weighted by Gasteiger charge is -2.17. The number of nitrogens with two attached hydrogens (primary N) is 1. The Balaban J connectivity index is 2.09. The number of phenols is 1. The topological polar surface area (TPSA) is 139 Å². The Morgan fingerprint density at radius 3 is 2.42 bits per heavy atom. The van der Waals surface area contributed by atoms with Gasteiger partial charge in [0.05, 0.1) is 11.3 Å². The van der Waals surface area contributed by atoms with Crippen molar-refractivity contribution in [1.82, 2.24) is 0 Å². The Bertz CT molecular complexity index is 936. The molecule has 8 nitrogen and oxygen atoms in total. The summed E-state index contributed by atoms with van der Waals surface area (Å²) in [6, 6.07) is 7.96. The molecule has 0 aromatic heterocycles. The van der Waals surface area contributed by atoms with Gasteiger partial charge in [-0.1, -0.05) is 0 Å². The lowest BCUT2D eigenvalue weighted by Crippen LogP contribution is -2.16. The normalized spacial score (nSPS) is 14.0. The monoisotopic (exact) mass is 378 g/mol. The highest BCUT2D eigenvalue weighted by Gasteiger charge is 2.26. The molecule has 138 valence electrons. The van der Waals surface area contributed by atoms with Crippen LogP contribution in [0.4, 0.5) is 5.69 Å². The van der Waals surface area contributed by atoms with Gasteiger partial charge in [-0.25, -0.2) is 18.4 Å². The van der Waals surface area contributed by atoms with Crippen molar-refractivity contribution in [2.24, 2.45) is 11.1 Å². The van der Waals surface area contributed by atoms with Crippen LogP contribution in [0.15, 0.2) is 41.3 Å². The first-order chi connectivity index (χ1) is 12.2.